The Labute approximate surface area is 100 Å². The molecule has 0 atom stereocenters. The fourth-order valence-corrected chi connectivity index (χ4v) is 1.63. The predicted molar refractivity (Wildman–Crippen MR) is 63.6 cm³/mol. The molecule has 1 rings (SSSR count). The maximum atomic E-state index is 11.4. The number of rotatable bonds is 4. The van der Waals surface area contributed by atoms with E-state index in [2.05, 4.69) is 18.7 Å². The van der Waals surface area contributed by atoms with Crippen molar-refractivity contribution < 1.29 is 9.53 Å². The third-order valence-electron chi connectivity index (χ3n) is 2.10. The van der Waals surface area contributed by atoms with Crippen LogP contribution in [0.5, 0.6) is 0 Å². The molecule has 0 aromatic heterocycles. The lowest BCUT2D eigenvalue weighted by Crippen LogP contribution is -2.05. The molecule has 0 saturated heterocycles. The summed E-state index contributed by atoms with van der Waals surface area (Å²) in [6, 6.07) is 7.26. The molecule has 0 aliphatic heterocycles. The van der Waals surface area contributed by atoms with Crippen LogP contribution in [0, 0.1) is 11.3 Å². The van der Waals surface area contributed by atoms with E-state index in [9.17, 15) is 4.79 Å². The Morgan fingerprint density at radius 1 is 1.56 bits per heavy atom. The standard InChI is InChI=1S/C12H13NO2S/c1-2-15-12(14)10-6-5-9(4-3-7-13)11(16)8-10/h5-6,8,16H,2-4H2,1H3. The fraction of sp³-hybridized carbons (Fsp3) is 0.333. The highest BCUT2D eigenvalue weighted by Crippen LogP contribution is 2.18. The third kappa shape index (κ3) is 3.28. The minimum absolute atomic E-state index is 0.343. The summed E-state index contributed by atoms with van der Waals surface area (Å²) in [5.41, 5.74) is 1.46. The SMILES string of the molecule is CCOC(=O)c1ccc(CCC#N)c(S)c1. The van der Waals surface area contributed by atoms with Crippen LogP contribution < -0.4 is 0 Å². The Morgan fingerprint density at radius 3 is 2.88 bits per heavy atom. The molecule has 0 heterocycles. The molecular weight excluding hydrogens is 222 g/mol. The molecule has 0 unspecified atom stereocenters. The molecule has 0 bridgehead atoms. The Balaban J connectivity index is 2.83. The van der Waals surface area contributed by atoms with Gasteiger partial charge in [0.05, 0.1) is 18.2 Å². The van der Waals surface area contributed by atoms with Gasteiger partial charge in [0.1, 0.15) is 0 Å². The summed E-state index contributed by atoms with van der Waals surface area (Å²) in [6.45, 7) is 2.12. The van der Waals surface area contributed by atoms with E-state index in [4.69, 9.17) is 10.00 Å². The van der Waals surface area contributed by atoms with Gasteiger partial charge in [0.2, 0.25) is 0 Å². The first-order valence-corrected chi connectivity index (χ1v) is 5.49. The van der Waals surface area contributed by atoms with Gasteiger partial charge in [0.15, 0.2) is 0 Å². The van der Waals surface area contributed by atoms with Gasteiger partial charge in [-0.3, -0.25) is 0 Å². The molecule has 0 spiro atoms. The highest BCUT2D eigenvalue weighted by atomic mass is 32.1. The number of ether oxygens (including phenoxy) is 1. The van der Waals surface area contributed by atoms with Crippen LogP contribution in [0.15, 0.2) is 23.1 Å². The maximum absolute atomic E-state index is 11.4. The Hall–Kier alpha value is -1.47. The molecule has 16 heavy (non-hydrogen) atoms. The van der Waals surface area contributed by atoms with Crippen LogP contribution in [-0.4, -0.2) is 12.6 Å². The summed E-state index contributed by atoms with van der Waals surface area (Å²) in [4.78, 5) is 12.1. The molecule has 0 radical (unpaired) electrons. The summed E-state index contributed by atoms with van der Waals surface area (Å²) in [6.07, 6.45) is 1.10. The van der Waals surface area contributed by atoms with Gasteiger partial charge in [-0.2, -0.15) is 5.26 Å². The van der Waals surface area contributed by atoms with Gasteiger partial charge in [-0.05, 0) is 31.0 Å². The van der Waals surface area contributed by atoms with Crippen molar-refractivity contribution in [2.24, 2.45) is 0 Å². The first-order valence-electron chi connectivity index (χ1n) is 5.05. The number of esters is 1. The van der Waals surface area contributed by atoms with E-state index < -0.39 is 0 Å². The second-order valence-electron chi connectivity index (χ2n) is 3.22. The average Bonchev–Trinajstić information content (AvgIpc) is 2.27. The predicted octanol–water partition coefficient (Wildman–Crippen LogP) is 2.61. The highest BCUT2D eigenvalue weighted by Gasteiger charge is 2.08. The molecule has 0 fully saturated rings. The van der Waals surface area contributed by atoms with Crippen LogP contribution in [0.1, 0.15) is 29.3 Å². The van der Waals surface area contributed by atoms with Gasteiger partial charge in [-0.25, -0.2) is 4.79 Å². The number of carbonyl (C=O) groups excluding carboxylic acids is 1. The van der Waals surface area contributed by atoms with Gasteiger partial charge < -0.3 is 4.74 Å². The largest absolute Gasteiger partial charge is 0.462 e. The number of carbonyl (C=O) groups is 1. The van der Waals surface area contributed by atoms with Crippen molar-refractivity contribution in [1.29, 1.82) is 5.26 Å². The highest BCUT2D eigenvalue weighted by molar-refractivity contribution is 7.80. The van der Waals surface area contributed by atoms with Crippen molar-refractivity contribution in [2.45, 2.75) is 24.7 Å². The van der Waals surface area contributed by atoms with Gasteiger partial charge in [0, 0.05) is 11.3 Å². The van der Waals surface area contributed by atoms with Crippen molar-refractivity contribution in [3.63, 3.8) is 0 Å². The van der Waals surface area contributed by atoms with Crippen LogP contribution >= 0.6 is 12.6 Å². The van der Waals surface area contributed by atoms with Crippen LogP contribution in [-0.2, 0) is 11.2 Å². The second-order valence-corrected chi connectivity index (χ2v) is 3.70. The van der Waals surface area contributed by atoms with E-state index >= 15 is 0 Å². The van der Waals surface area contributed by atoms with Gasteiger partial charge >= 0.3 is 5.97 Å². The van der Waals surface area contributed by atoms with Crippen molar-refractivity contribution >= 4 is 18.6 Å². The van der Waals surface area contributed by atoms with Crippen LogP contribution in [0.2, 0.25) is 0 Å². The average molecular weight is 235 g/mol. The van der Waals surface area contributed by atoms with Crippen molar-refractivity contribution in [1.82, 2.24) is 0 Å². The van der Waals surface area contributed by atoms with E-state index in [1.807, 2.05) is 6.07 Å². The molecule has 0 aliphatic carbocycles. The molecule has 3 nitrogen and oxygen atoms in total. The number of nitrogens with zero attached hydrogens (tertiary/aromatic N) is 1. The van der Waals surface area contributed by atoms with E-state index in [1.165, 1.54) is 0 Å². The minimum Gasteiger partial charge on any atom is -0.462 e. The van der Waals surface area contributed by atoms with Gasteiger partial charge in [-0.15, -0.1) is 12.6 Å². The molecule has 0 aliphatic rings. The summed E-state index contributed by atoms with van der Waals surface area (Å²) >= 11 is 4.29. The number of benzene rings is 1. The molecule has 0 saturated carbocycles. The normalized spacial score (nSPS) is 9.56. The molecule has 4 heteroatoms. The lowest BCUT2D eigenvalue weighted by Gasteiger charge is -2.06. The summed E-state index contributed by atoms with van der Waals surface area (Å²) in [5.74, 6) is -0.343. The number of nitriles is 1. The zero-order chi connectivity index (χ0) is 12.0. The van der Waals surface area contributed by atoms with E-state index in [0.29, 0.717) is 25.0 Å². The fourth-order valence-electron chi connectivity index (χ4n) is 1.31. The quantitative estimate of drug-likeness (QED) is 0.644. The number of thiol groups is 1. The molecular formula is C12H13NO2S. The van der Waals surface area contributed by atoms with Crippen LogP contribution in [0.4, 0.5) is 0 Å². The summed E-state index contributed by atoms with van der Waals surface area (Å²) in [7, 11) is 0. The van der Waals surface area contributed by atoms with Crippen molar-refractivity contribution in [2.75, 3.05) is 6.61 Å². The van der Waals surface area contributed by atoms with Crippen molar-refractivity contribution in [3.8, 4) is 6.07 Å². The first-order chi connectivity index (χ1) is 7.69. The monoisotopic (exact) mass is 235 g/mol. The van der Waals surface area contributed by atoms with E-state index in [0.717, 1.165) is 10.5 Å². The molecule has 1 aromatic carbocycles. The lowest BCUT2D eigenvalue weighted by atomic mass is 10.1. The summed E-state index contributed by atoms with van der Waals surface area (Å²) < 4.78 is 4.88. The zero-order valence-electron chi connectivity index (χ0n) is 9.06. The third-order valence-corrected chi connectivity index (χ3v) is 2.52. The Bertz CT molecular complexity index is 424. The lowest BCUT2D eigenvalue weighted by molar-refractivity contribution is 0.0526. The van der Waals surface area contributed by atoms with Crippen LogP contribution in [0.25, 0.3) is 0 Å². The Kier molecular flexibility index (Phi) is 4.87. The molecule has 84 valence electrons. The van der Waals surface area contributed by atoms with E-state index in [-0.39, 0.29) is 5.97 Å². The smallest absolute Gasteiger partial charge is 0.338 e. The first kappa shape index (κ1) is 12.6. The zero-order valence-corrected chi connectivity index (χ0v) is 9.96. The number of aryl methyl sites for hydroxylation is 1. The Morgan fingerprint density at radius 2 is 2.31 bits per heavy atom. The summed E-state index contributed by atoms with van der Waals surface area (Å²) in [5, 5.41) is 8.48. The van der Waals surface area contributed by atoms with Gasteiger partial charge in [0.25, 0.3) is 0 Å². The van der Waals surface area contributed by atoms with E-state index in [1.54, 1.807) is 19.1 Å². The van der Waals surface area contributed by atoms with Gasteiger partial charge in [-0.1, -0.05) is 6.07 Å². The topological polar surface area (TPSA) is 50.1 Å². The minimum atomic E-state index is -0.343. The molecule has 0 amide bonds. The van der Waals surface area contributed by atoms with Crippen molar-refractivity contribution in [3.05, 3.63) is 29.3 Å². The van der Waals surface area contributed by atoms with Crippen LogP contribution in [0.3, 0.4) is 0 Å². The second kappa shape index (κ2) is 6.19. The number of hydrogen-bond donors (Lipinski definition) is 1. The molecule has 1 aromatic rings. The maximum Gasteiger partial charge on any atom is 0.338 e. The molecule has 0 N–H and O–H groups in total. The number of hydrogen-bond acceptors (Lipinski definition) is 4.